The molecule has 3 rings (SSSR count). The number of amides is 1. The second kappa shape index (κ2) is 8.22. The van der Waals surface area contributed by atoms with Gasteiger partial charge in [0.1, 0.15) is 12.0 Å². The highest BCUT2D eigenvalue weighted by atomic mass is 19.4. The molecular weight excluding hydrogens is 375 g/mol. The zero-order valence-electron chi connectivity index (χ0n) is 15.7. The predicted octanol–water partition coefficient (Wildman–Crippen LogP) is 3.44. The van der Waals surface area contributed by atoms with Crippen molar-refractivity contribution in [2.24, 2.45) is 0 Å². The van der Waals surface area contributed by atoms with Gasteiger partial charge in [-0.3, -0.25) is 4.79 Å². The molecule has 152 valence electrons. The Balaban J connectivity index is 1.59. The van der Waals surface area contributed by atoms with Crippen LogP contribution in [0.4, 0.5) is 13.2 Å². The number of piperidine rings is 1. The first kappa shape index (κ1) is 20.2. The van der Waals surface area contributed by atoms with E-state index in [0.29, 0.717) is 0 Å². The highest BCUT2D eigenvalue weighted by Crippen LogP contribution is 2.31. The standard InChI is InChI=1S/C19H22F3N3O3/c1-24-8-6-14(7-9-24)25(2)18(26)16-11-28-17(23-16)12-27-15-5-3-4-13(10-15)19(20,21)22/h3-5,10-11,14H,6-9,12H2,1-2H3. The number of carbonyl (C=O) groups excluding carboxylic acids is 1. The zero-order valence-corrected chi connectivity index (χ0v) is 15.7. The molecule has 0 aliphatic carbocycles. The number of alkyl halides is 3. The number of oxazole rings is 1. The number of aromatic nitrogens is 1. The Labute approximate surface area is 160 Å². The summed E-state index contributed by atoms with van der Waals surface area (Å²) in [5.41, 5.74) is -0.642. The molecule has 0 bridgehead atoms. The van der Waals surface area contributed by atoms with Crippen LogP contribution in [0.1, 0.15) is 34.8 Å². The summed E-state index contributed by atoms with van der Waals surface area (Å²) in [7, 11) is 3.79. The zero-order chi connectivity index (χ0) is 20.3. The van der Waals surface area contributed by atoms with E-state index in [4.69, 9.17) is 9.15 Å². The van der Waals surface area contributed by atoms with Gasteiger partial charge in [0, 0.05) is 13.1 Å². The van der Waals surface area contributed by atoms with Gasteiger partial charge in [-0.1, -0.05) is 6.07 Å². The van der Waals surface area contributed by atoms with Crippen LogP contribution >= 0.6 is 0 Å². The Hall–Kier alpha value is -2.55. The lowest BCUT2D eigenvalue weighted by molar-refractivity contribution is -0.137. The van der Waals surface area contributed by atoms with Gasteiger partial charge in [0.15, 0.2) is 12.3 Å². The molecular formula is C19H22F3N3O3. The van der Waals surface area contributed by atoms with Crippen molar-refractivity contribution in [2.45, 2.75) is 31.7 Å². The molecule has 0 atom stereocenters. The maximum absolute atomic E-state index is 12.7. The summed E-state index contributed by atoms with van der Waals surface area (Å²) < 4.78 is 48.8. The van der Waals surface area contributed by atoms with Crippen molar-refractivity contribution < 1.29 is 27.1 Å². The lowest BCUT2D eigenvalue weighted by atomic mass is 10.0. The molecule has 1 fully saturated rings. The first-order valence-corrected chi connectivity index (χ1v) is 8.94. The summed E-state index contributed by atoms with van der Waals surface area (Å²) in [6.07, 6.45) is -1.41. The maximum Gasteiger partial charge on any atom is 0.416 e. The SMILES string of the molecule is CN1CCC(N(C)C(=O)c2coc(COc3cccc(C(F)(F)F)c3)n2)CC1. The number of ether oxygens (including phenoxy) is 1. The van der Waals surface area contributed by atoms with Crippen LogP contribution in [0, 0.1) is 0 Å². The molecule has 1 aromatic heterocycles. The van der Waals surface area contributed by atoms with Crippen LogP contribution in [0.5, 0.6) is 5.75 Å². The van der Waals surface area contributed by atoms with Crippen LogP contribution in [0.25, 0.3) is 0 Å². The van der Waals surface area contributed by atoms with Crippen LogP contribution in [0.2, 0.25) is 0 Å². The van der Waals surface area contributed by atoms with Crippen LogP contribution in [0.3, 0.4) is 0 Å². The average molecular weight is 397 g/mol. The Morgan fingerprint density at radius 2 is 2.07 bits per heavy atom. The highest BCUT2D eigenvalue weighted by molar-refractivity contribution is 5.92. The number of hydrogen-bond acceptors (Lipinski definition) is 5. The summed E-state index contributed by atoms with van der Waals surface area (Å²) in [4.78, 5) is 20.6. The van der Waals surface area contributed by atoms with E-state index in [1.165, 1.54) is 18.4 Å². The summed E-state index contributed by atoms with van der Waals surface area (Å²) >= 11 is 0. The Morgan fingerprint density at radius 3 is 2.75 bits per heavy atom. The Kier molecular flexibility index (Phi) is 5.93. The van der Waals surface area contributed by atoms with Gasteiger partial charge in [-0.05, 0) is 51.2 Å². The molecule has 0 radical (unpaired) electrons. The summed E-state index contributed by atoms with van der Waals surface area (Å²) in [5.74, 6) is -0.0782. The number of rotatable bonds is 5. The van der Waals surface area contributed by atoms with E-state index in [9.17, 15) is 18.0 Å². The monoisotopic (exact) mass is 397 g/mol. The molecule has 9 heteroatoms. The first-order valence-electron chi connectivity index (χ1n) is 8.94. The van der Waals surface area contributed by atoms with E-state index in [-0.39, 0.29) is 35.9 Å². The van der Waals surface area contributed by atoms with E-state index < -0.39 is 11.7 Å². The normalized spacial score (nSPS) is 16.2. The van der Waals surface area contributed by atoms with Crippen molar-refractivity contribution in [3.63, 3.8) is 0 Å². The number of nitrogens with zero attached hydrogens (tertiary/aromatic N) is 3. The molecule has 0 N–H and O–H groups in total. The predicted molar refractivity (Wildman–Crippen MR) is 94.9 cm³/mol. The molecule has 6 nitrogen and oxygen atoms in total. The van der Waals surface area contributed by atoms with Crippen molar-refractivity contribution in [3.8, 4) is 5.75 Å². The van der Waals surface area contributed by atoms with E-state index in [1.807, 2.05) is 7.05 Å². The minimum Gasteiger partial charge on any atom is -0.484 e. The van der Waals surface area contributed by atoms with Crippen molar-refractivity contribution in [1.82, 2.24) is 14.8 Å². The van der Waals surface area contributed by atoms with E-state index in [1.54, 1.807) is 11.9 Å². The maximum atomic E-state index is 12.7. The molecule has 1 aliphatic rings. The Bertz CT molecular complexity index is 814. The summed E-state index contributed by atoms with van der Waals surface area (Å²) in [5, 5.41) is 0. The smallest absolute Gasteiger partial charge is 0.416 e. The van der Waals surface area contributed by atoms with Gasteiger partial charge < -0.3 is 19.0 Å². The van der Waals surface area contributed by atoms with Gasteiger partial charge in [-0.2, -0.15) is 13.2 Å². The lowest BCUT2D eigenvalue weighted by Crippen LogP contribution is -2.44. The van der Waals surface area contributed by atoms with Gasteiger partial charge in [-0.25, -0.2) is 4.98 Å². The number of benzene rings is 1. The van der Waals surface area contributed by atoms with Gasteiger partial charge in [-0.15, -0.1) is 0 Å². The fourth-order valence-electron chi connectivity index (χ4n) is 3.11. The number of hydrogen-bond donors (Lipinski definition) is 0. The molecule has 0 spiro atoms. The minimum absolute atomic E-state index is 0.0457. The number of halogens is 3. The fourth-order valence-corrected chi connectivity index (χ4v) is 3.11. The van der Waals surface area contributed by atoms with Crippen molar-refractivity contribution in [1.29, 1.82) is 0 Å². The fraction of sp³-hybridized carbons (Fsp3) is 0.474. The lowest BCUT2D eigenvalue weighted by Gasteiger charge is -2.34. The van der Waals surface area contributed by atoms with Crippen LogP contribution < -0.4 is 4.74 Å². The molecule has 28 heavy (non-hydrogen) atoms. The van der Waals surface area contributed by atoms with Gasteiger partial charge in [0.25, 0.3) is 5.91 Å². The van der Waals surface area contributed by atoms with Gasteiger partial charge in [0.2, 0.25) is 5.89 Å². The first-order chi connectivity index (χ1) is 13.2. The van der Waals surface area contributed by atoms with Crippen LogP contribution in [0.15, 0.2) is 34.9 Å². The third kappa shape index (κ3) is 4.83. The summed E-state index contributed by atoms with van der Waals surface area (Å²) in [6, 6.07) is 4.69. The molecule has 2 heterocycles. The second-order valence-corrected chi connectivity index (χ2v) is 6.89. The molecule has 1 aromatic carbocycles. The van der Waals surface area contributed by atoms with Gasteiger partial charge >= 0.3 is 6.18 Å². The number of carbonyl (C=O) groups is 1. The van der Waals surface area contributed by atoms with Crippen molar-refractivity contribution in [2.75, 3.05) is 27.2 Å². The van der Waals surface area contributed by atoms with Crippen LogP contribution in [-0.4, -0.2) is 53.9 Å². The second-order valence-electron chi connectivity index (χ2n) is 6.89. The molecule has 1 amide bonds. The van der Waals surface area contributed by atoms with Crippen LogP contribution in [-0.2, 0) is 12.8 Å². The van der Waals surface area contributed by atoms with E-state index in [2.05, 4.69) is 9.88 Å². The van der Waals surface area contributed by atoms with E-state index in [0.717, 1.165) is 38.1 Å². The third-order valence-electron chi connectivity index (χ3n) is 4.85. The number of likely N-dealkylation sites (tertiary alicyclic amines) is 1. The summed E-state index contributed by atoms with van der Waals surface area (Å²) in [6.45, 7) is 1.68. The van der Waals surface area contributed by atoms with E-state index >= 15 is 0 Å². The highest BCUT2D eigenvalue weighted by Gasteiger charge is 2.30. The average Bonchev–Trinajstić information content (AvgIpc) is 3.14. The molecule has 1 saturated heterocycles. The van der Waals surface area contributed by atoms with Crippen molar-refractivity contribution >= 4 is 5.91 Å². The molecule has 0 unspecified atom stereocenters. The minimum atomic E-state index is -4.44. The van der Waals surface area contributed by atoms with Gasteiger partial charge in [0.05, 0.1) is 5.56 Å². The molecule has 1 aliphatic heterocycles. The quantitative estimate of drug-likeness (QED) is 0.774. The topological polar surface area (TPSA) is 58.8 Å². The van der Waals surface area contributed by atoms with Crippen molar-refractivity contribution in [3.05, 3.63) is 47.7 Å². The molecule has 2 aromatic rings. The largest absolute Gasteiger partial charge is 0.484 e. The Morgan fingerprint density at radius 1 is 1.36 bits per heavy atom. The molecule has 0 saturated carbocycles. The third-order valence-corrected chi connectivity index (χ3v) is 4.85.